The maximum Gasteiger partial charge on any atom is 0.338 e. The summed E-state index contributed by atoms with van der Waals surface area (Å²) >= 11 is 9.06. The summed E-state index contributed by atoms with van der Waals surface area (Å²) in [6.07, 6.45) is 1.66. The van der Waals surface area contributed by atoms with Crippen molar-refractivity contribution in [2.24, 2.45) is 0 Å². The number of alkyl halides is 2. The predicted octanol–water partition coefficient (Wildman–Crippen LogP) is 3.54. The summed E-state index contributed by atoms with van der Waals surface area (Å²) in [7, 11) is 1.39. The number of ether oxygens (including phenoxy) is 1. The van der Waals surface area contributed by atoms with E-state index in [-0.39, 0.29) is 5.97 Å². The molecule has 0 N–H and O–H groups in total. The summed E-state index contributed by atoms with van der Waals surface area (Å²) in [6, 6.07) is 5.75. The van der Waals surface area contributed by atoms with Crippen molar-refractivity contribution < 1.29 is 9.53 Å². The Morgan fingerprint density at radius 2 is 2.25 bits per heavy atom. The molecule has 0 saturated carbocycles. The van der Waals surface area contributed by atoms with Crippen molar-refractivity contribution in [2.75, 3.05) is 13.0 Å². The molecule has 16 heavy (non-hydrogen) atoms. The Morgan fingerprint density at radius 1 is 1.50 bits per heavy atom. The van der Waals surface area contributed by atoms with Gasteiger partial charge in [-0.05, 0) is 30.0 Å². The van der Waals surface area contributed by atoms with E-state index in [0.29, 0.717) is 11.4 Å². The Kier molecular flexibility index (Phi) is 5.85. The van der Waals surface area contributed by atoms with Gasteiger partial charge in [-0.3, -0.25) is 0 Å². The first-order valence-corrected chi connectivity index (χ1v) is 6.70. The molecular formula is C12H14BrClO2. The van der Waals surface area contributed by atoms with Crippen LogP contribution in [0.2, 0.25) is 0 Å². The normalized spacial score (nSPS) is 10.2. The Bertz CT molecular complexity index is 366. The Morgan fingerprint density at radius 3 is 2.81 bits per heavy atom. The third kappa shape index (κ3) is 3.49. The second-order valence-electron chi connectivity index (χ2n) is 3.41. The van der Waals surface area contributed by atoms with Crippen LogP contribution >= 0.6 is 27.5 Å². The van der Waals surface area contributed by atoms with Crippen molar-refractivity contribution in [1.29, 1.82) is 0 Å². The van der Waals surface area contributed by atoms with Crippen LogP contribution in [0.15, 0.2) is 18.2 Å². The zero-order valence-electron chi connectivity index (χ0n) is 9.13. The molecule has 0 fully saturated rings. The number of benzene rings is 1. The van der Waals surface area contributed by atoms with Crippen molar-refractivity contribution in [1.82, 2.24) is 0 Å². The fourth-order valence-corrected chi connectivity index (χ4v) is 1.99. The molecule has 0 aromatic heterocycles. The van der Waals surface area contributed by atoms with Gasteiger partial charge >= 0.3 is 5.97 Å². The molecule has 0 radical (unpaired) electrons. The van der Waals surface area contributed by atoms with E-state index in [4.69, 9.17) is 16.3 Å². The molecule has 1 aromatic carbocycles. The van der Waals surface area contributed by atoms with Gasteiger partial charge in [0, 0.05) is 11.2 Å². The minimum Gasteiger partial charge on any atom is -0.465 e. The van der Waals surface area contributed by atoms with Gasteiger partial charge in [0.1, 0.15) is 0 Å². The summed E-state index contributed by atoms with van der Waals surface area (Å²) < 4.78 is 4.75. The molecule has 0 heterocycles. The fourth-order valence-electron chi connectivity index (χ4n) is 1.50. The monoisotopic (exact) mass is 304 g/mol. The van der Waals surface area contributed by atoms with Crippen LogP contribution < -0.4 is 0 Å². The molecule has 0 aliphatic carbocycles. The lowest BCUT2D eigenvalue weighted by Gasteiger charge is -2.08. The molecular weight excluding hydrogens is 291 g/mol. The topological polar surface area (TPSA) is 26.3 Å². The molecule has 2 nitrogen and oxygen atoms in total. The minimum absolute atomic E-state index is 0.286. The van der Waals surface area contributed by atoms with Gasteiger partial charge in [-0.25, -0.2) is 4.79 Å². The van der Waals surface area contributed by atoms with Crippen molar-refractivity contribution in [3.63, 3.8) is 0 Å². The smallest absolute Gasteiger partial charge is 0.338 e. The Balaban J connectivity index is 3.00. The van der Waals surface area contributed by atoms with E-state index in [1.54, 1.807) is 0 Å². The number of esters is 1. The van der Waals surface area contributed by atoms with E-state index in [0.717, 1.165) is 29.3 Å². The lowest BCUT2D eigenvalue weighted by atomic mass is 10.0. The van der Waals surface area contributed by atoms with E-state index in [1.165, 1.54) is 7.11 Å². The molecule has 1 aromatic rings. The van der Waals surface area contributed by atoms with Gasteiger partial charge < -0.3 is 4.74 Å². The number of hydrogen-bond donors (Lipinski definition) is 0. The summed E-state index contributed by atoms with van der Waals surface area (Å²) in [4.78, 5) is 11.5. The predicted molar refractivity (Wildman–Crippen MR) is 69.5 cm³/mol. The van der Waals surface area contributed by atoms with Crippen molar-refractivity contribution in [3.8, 4) is 0 Å². The van der Waals surface area contributed by atoms with Gasteiger partial charge in [-0.2, -0.15) is 0 Å². The third-order valence-electron chi connectivity index (χ3n) is 2.31. The number of rotatable bonds is 5. The van der Waals surface area contributed by atoms with E-state index in [2.05, 4.69) is 15.9 Å². The highest BCUT2D eigenvalue weighted by Gasteiger charge is 2.11. The van der Waals surface area contributed by atoms with E-state index in [9.17, 15) is 4.79 Å². The second kappa shape index (κ2) is 6.92. The van der Waals surface area contributed by atoms with E-state index in [1.807, 2.05) is 18.2 Å². The van der Waals surface area contributed by atoms with Gasteiger partial charge in [0.15, 0.2) is 0 Å². The quantitative estimate of drug-likeness (QED) is 0.614. The summed E-state index contributed by atoms with van der Waals surface area (Å²) in [5.41, 5.74) is 2.79. The van der Waals surface area contributed by atoms with Gasteiger partial charge in [-0.15, -0.1) is 11.6 Å². The average Bonchev–Trinajstić information content (AvgIpc) is 2.34. The van der Waals surface area contributed by atoms with Crippen LogP contribution in [-0.2, 0) is 16.5 Å². The zero-order valence-corrected chi connectivity index (χ0v) is 11.5. The highest BCUT2D eigenvalue weighted by molar-refractivity contribution is 9.08. The zero-order chi connectivity index (χ0) is 12.0. The number of methoxy groups -OCH3 is 1. The molecule has 0 aliphatic heterocycles. The summed E-state index contributed by atoms with van der Waals surface area (Å²) in [5.74, 6) is 0.310. The van der Waals surface area contributed by atoms with E-state index < -0.39 is 0 Å². The first-order chi connectivity index (χ1) is 7.72. The largest absolute Gasteiger partial charge is 0.465 e. The molecule has 0 aliphatic rings. The third-order valence-corrected chi connectivity index (χ3v) is 3.22. The molecule has 0 atom stereocenters. The van der Waals surface area contributed by atoms with Crippen molar-refractivity contribution in [2.45, 2.75) is 18.2 Å². The summed E-state index contributed by atoms with van der Waals surface area (Å²) in [6.45, 7) is 0. The number of hydrogen-bond acceptors (Lipinski definition) is 2. The van der Waals surface area contributed by atoms with Gasteiger partial charge in [0.2, 0.25) is 0 Å². The second-order valence-corrected chi connectivity index (χ2v) is 4.35. The maximum absolute atomic E-state index is 11.5. The lowest BCUT2D eigenvalue weighted by molar-refractivity contribution is 0.0599. The lowest BCUT2D eigenvalue weighted by Crippen LogP contribution is -2.06. The van der Waals surface area contributed by atoms with Crippen LogP contribution in [-0.4, -0.2) is 19.0 Å². The molecule has 1 rings (SSSR count). The number of halogens is 2. The molecule has 0 amide bonds. The molecule has 0 unspecified atom stereocenters. The van der Waals surface area contributed by atoms with Crippen LogP contribution in [0.1, 0.15) is 27.9 Å². The van der Waals surface area contributed by atoms with Crippen LogP contribution in [0.4, 0.5) is 0 Å². The standard InChI is InChI=1S/C12H14BrClO2/c1-16-12(15)11-5-4-9(8-13)7-10(11)3-2-6-14/h4-5,7H,2-3,6,8H2,1H3. The number of carbonyl (C=O) groups is 1. The molecule has 0 bridgehead atoms. The van der Waals surface area contributed by atoms with Crippen LogP contribution in [0.3, 0.4) is 0 Å². The first kappa shape index (κ1) is 13.5. The van der Waals surface area contributed by atoms with Gasteiger partial charge in [-0.1, -0.05) is 28.1 Å². The highest BCUT2D eigenvalue weighted by atomic mass is 79.9. The molecule has 0 saturated heterocycles. The minimum atomic E-state index is -0.286. The van der Waals surface area contributed by atoms with Crippen LogP contribution in [0.5, 0.6) is 0 Å². The van der Waals surface area contributed by atoms with Crippen molar-refractivity contribution >= 4 is 33.5 Å². The van der Waals surface area contributed by atoms with Crippen LogP contribution in [0.25, 0.3) is 0 Å². The first-order valence-electron chi connectivity index (χ1n) is 5.05. The number of aryl methyl sites for hydroxylation is 1. The average molecular weight is 306 g/mol. The van der Waals surface area contributed by atoms with Gasteiger partial charge in [0.05, 0.1) is 12.7 Å². The van der Waals surface area contributed by atoms with Gasteiger partial charge in [0.25, 0.3) is 0 Å². The Hall–Kier alpha value is -0.540. The summed E-state index contributed by atoms with van der Waals surface area (Å²) in [5, 5.41) is 0.780. The van der Waals surface area contributed by atoms with Crippen LogP contribution in [0, 0.1) is 0 Å². The maximum atomic E-state index is 11.5. The number of carbonyl (C=O) groups excluding carboxylic acids is 1. The SMILES string of the molecule is COC(=O)c1ccc(CBr)cc1CCCCl. The molecule has 4 heteroatoms. The molecule has 88 valence electrons. The Labute approximate surface area is 109 Å². The molecule has 0 spiro atoms. The highest BCUT2D eigenvalue weighted by Crippen LogP contribution is 2.17. The fraction of sp³-hybridized carbons (Fsp3) is 0.417. The van der Waals surface area contributed by atoms with Crippen molar-refractivity contribution in [3.05, 3.63) is 34.9 Å². The van der Waals surface area contributed by atoms with E-state index >= 15 is 0 Å².